The highest BCUT2D eigenvalue weighted by atomic mass is 32.2. The molecule has 6 aliphatic rings. The summed E-state index contributed by atoms with van der Waals surface area (Å²) in [5, 5.41) is 15.1. The normalized spacial score (nSPS) is 42.6. The lowest BCUT2D eigenvalue weighted by atomic mass is 9.57. The maximum Gasteiger partial charge on any atom is 0.0661 e. The standard InChI is InChI=1S/C28H50N4O3S/c1-30-23-15-21(34-2)3-4-22(23)26-27(30)24(18-33)32(16-20-5-12-35-13-6-20)19-28(26)7-10-31(11-8-28)17-25-29-9-14-36-25/h20-27,29,33H,3-19H2,1-2H3/t21?,22?,23?,24-,25?,26?,27?/m0/s1. The van der Waals surface area contributed by atoms with Gasteiger partial charge in [0.2, 0.25) is 0 Å². The van der Waals surface area contributed by atoms with Crippen LogP contribution in [0.2, 0.25) is 0 Å². The second-order valence-electron chi connectivity index (χ2n) is 12.8. The molecule has 1 aliphatic carbocycles. The summed E-state index contributed by atoms with van der Waals surface area (Å²) in [5.41, 5.74) is 0.377. The molecule has 206 valence electrons. The second kappa shape index (κ2) is 11.3. The molecule has 1 spiro atoms. The van der Waals surface area contributed by atoms with Gasteiger partial charge in [0.15, 0.2) is 0 Å². The molecule has 6 fully saturated rings. The molecule has 2 N–H and O–H groups in total. The zero-order valence-electron chi connectivity index (χ0n) is 22.7. The van der Waals surface area contributed by atoms with Crippen LogP contribution in [0.4, 0.5) is 0 Å². The molecule has 0 radical (unpaired) electrons. The molecule has 5 heterocycles. The number of thioether (sulfide) groups is 1. The molecular weight excluding hydrogens is 472 g/mol. The summed E-state index contributed by atoms with van der Waals surface area (Å²) >= 11 is 2.10. The Morgan fingerprint density at radius 3 is 2.61 bits per heavy atom. The Balaban J connectivity index is 1.25. The van der Waals surface area contributed by atoms with Crippen LogP contribution in [-0.2, 0) is 9.47 Å². The predicted molar refractivity (Wildman–Crippen MR) is 145 cm³/mol. The Labute approximate surface area is 223 Å². The SMILES string of the molecule is COC1CCC2C(C1)N(C)C1C2C2(CCN(CC3NCCS3)CC2)CN(CC2CCOCC2)[C@H]1CO. The van der Waals surface area contributed by atoms with Gasteiger partial charge in [-0.1, -0.05) is 0 Å². The van der Waals surface area contributed by atoms with Crippen molar-refractivity contribution in [2.75, 3.05) is 79.0 Å². The lowest BCUT2D eigenvalue weighted by Gasteiger charge is -2.58. The summed E-state index contributed by atoms with van der Waals surface area (Å²) in [6.07, 6.45) is 9.04. The first kappa shape index (κ1) is 26.3. The molecule has 1 saturated carbocycles. The molecular formula is C28H50N4O3S. The molecule has 0 aromatic heterocycles. The molecule has 7 atom stereocenters. The van der Waals surface area contributed by atoms with Crippen LogP contribution in [0, 0.1) is 23.2 Å². The number of methoxy groups -OCH3 is 1. The van der Waals surface area contributed by atoms with E-state index in [0.717, 1.165) is 32.1 Å². The van der Waals surface area contributed by atoms with Crippen molar-refractivity contribution in [1.29, 1.82) is 0 Å². The summed E-state index contributed by atoms with van der Waals surface area (Å²) in [7, 11) is 4.28. The summed E-state index contributed by atoms with van der Waals surface area (Å²) in [4.78, 5) is 8.24. The maximum absolute atomic E-state index is 10.8. The number of hydrogen-bond acceptors (Lipinski definition) is 8. The van der Waals surface area contributed by atoms with Gasteiger partial charge in [0.1, 0.15) is 0 Å². The molecule has 36 heavy (non-hydrogen) atoms. The number of likely N-dealkylation sites (N-methyl/N-ethyl adjacent to an activating group) is 1. The molecule has 0 bridgehead atoms. The van der Waals surface area contributed by atoms with Crippen LogP contribution in [0.15, 0.2) is 0 Å². The van der Waals surface area contributed by atoms with Crippen LogP contribution in [0.5, 0.6) is 0 Å². The first-order valence-corrected chi connectivity index (χ1v) is 15.9. The van der Waals surface area contributed by atoms with Gasteiger partial charge in [0.25, 0.3) is 0 Å². The first-order chi connectivity index (χ1) is 17.6. The Morgan fingerprint density at radius 2 is 1.92 bits per heavy atom. The summed E-state index contributed by atoms with van der Waals surface area (Å²) in [6, 6.07) is 1.33. The largest absolute Gasteiger partial charge is 0.395 e. The molecule has 5 aliphatic heterocycles. The molecule has 6 unspecified atom stereocenters. The number of rotatable bonds is 6. The molecule has 5 saturated heterocycles. The van der Waals surface area contributed by atoms with E-state index in [-0.39, 0.29) is 12.6 Å². The minimum Gasteiger partial charge on any atom is -0.395 e. The topological polar surface area (TPSA) is 60.4 Å². The number of aliphatic hydroxyl groups excluding tert-OH is 1. The number of nitrogens with one attached hydrogen (secondary N) is 1. The van der Waals surface area contributed by atoms with E-state index in [4.69, 9.17) is 9.47 Å². The highest BCUT2D eigenvalue weighted by Gasteiger charge is 2.63. The van der Waals surface area contributed by atoms with E-state index < -0.39 is 0 Å². The minimum absolute atomic E-state index is 0.261. The maximum atomic E-state index is 10.8. The molecule has 7 nitrogen and oxygen atoms in total. The van der Waals surface area contributed by atoms with Crippen molar-refractivity contribution in [1.82, 2.24) is 20.0 Å². The highest BCUT2D eigenvalue weighted by molar-refractivity contribution is 8.00. The Bertz CT molecular complexity index is 726. The average molecular weight is 523 g/mol. The van der Waals surface area contributed by atoms with Crippen LogP contribution in [0.3, 0.4) is 0 Å². The quantitative estimate of drug-likeness (QED) is 0.549. The molecule has 0 aromatic rings. The van der Waals surface area contributed by atoms with Crippen LogP contribution in [0.1, 0.15) is 44.9 Å². The smallest absolute Gasteiger partial charge is 0.0661 e. The Kier molecular flexibility index (Phi) is 8.24. The molecule has 8 heteroatoms. The van der Waals surface area contributed by atoms with E-state index in [0.29, 0.717) is 40.8 Å². The van der Waals surface area contributed by atoms with Gasteiger partial charge in [-0.2, -0.15) is 0 Å². The number of likely N-dealkylation sites (tertiary alicyclic amines) is 3. The third kappa shape index (κ3) is 4.91. The predicted octanol–water partition coefficient (Wildman–Crippen LogP) is 1.95. The second-order valence-corrected chi connectivity index (χ2v) is 14.1. The lowest BCUT2D eigenvalue weighted by Crippen LogP contribution is -2.66. The minimum atomic E-state index is 0.261. The fraction of sp³-hybridized carbons (Fsp3) is 1.00. The third-order valence-corrected chi connectivity index (χ3v) is 12.3. The summed E-state index contributed by atoms with van der Waals surface area (Å²) in [5.74, 6) is 3.42. The molecule has 0 amide bonds. The van der Waals surface area contributed by atoms with Crippen molar-refractivity contribution in [2.45, 2.75) is 74.5 Å². The average Bonchev–Trinajstić information content (AvgIpc) is 3.53. The van der Waals surface area contributed by atoms with Crippen molar-refractivity contribution in [3.05, 3.63) is 0 Å². The number of aliphatic hydroxyl groups is 1. The summed E-state index contributed by atoms with van der Waals surface area (Å²) < 4.78 is 11.6. The van der Waals surface area contributed by atoms with E-state index >= 15 is 0 Å². The highest BCUT2D eigenvalue weighted by Crippen LogP contribution is 2.58. The Morgan fingerprint density at radius 1 is 1.11 bits per heavy atom. The fourth-order valence-corrected chi connectivity index (χ4v) is 10.4. The van der Waals surface area contributed by atoms with E-state index in [1.54, 1.807) is 0 Å². The van der Waals surface area contributed by atoms with Gasteiger partial charge in [-0.3, -0.25) is 9.80 Å². The van der Waals surface area contributed by atoms with Gasteiger partial charge in [-0.05, 0) is 88.3 Å². The van der Waals surface area contributed by atoms with Crippen molar-refractivity contribution >= 4 is 11.8 Å². The number of nitrogens with zero attached hydrogens (tertiary/aromatic N) is 3. The van der Waals surface area contributed by atoms with Crippen molar-refractivity contribution in [2.24, 2.45) is 23.2 Å². The summed E-state index contributed by atoms with van der Waals surface area (Å²) in [6.45, 7) is 9.25. The monoisotopic (exact) mass is 522 g/mol. The number of fused-ring (bicyclic) bond motifs is 4. The third-order valence-electron chi connectivity index (χ3n) is 11.2. The van der Waals surface area contributed by atoms with Crippen LogP contribution in [0.25, 0.3) is 0 Å². The number of piperidine rings is 2. The fourth-order valence-electron chi connectivity index (χ4n) is 9.32. The number of hydrogen-bond donors (Lipinski definition) is 2. The van der Waals surface area contributed by atoms with Crippen LogP contribution in [-0.4, -0.2) is 128 Å². The zero-order chi connectivity index (χ0) is 24.7. The molecule has 0 aromatic carbocycles. The van der Waals surface area contributed by atoms with Gasteiger partial charge in [-0.25, -0.2) is 0 Å². The van der Waals surface area contributed by atoms with Crippen LogP contribution >= 0.6 is 11.8 Å². The van der Waals surface area contributed by atoms with E-state index in [1.807, 2.05) is 7.11 Å². The number of ether oxygens (including phenoxy) is 2. The van der Waals surface area contributed by atoms with E-state index in [9.17, 15) is 5.11 Å². The molecule has 6 rings (SSSR count). The van der Waals surface area contributed by atoms with Gasteiger partial charge in [-0.15, -0.1) is 11.8 Å². The van der Waals surface area contributed by atoms with Crippen molar-refractivity contribution < 1.29 is 14.6 Å². The lowest BCUT2D eigenvalue weighted by molar-refractivity contribution is -0.104. The van der Waals surface area contributed by atoms with Gasteiger partial charge < -0.3 is 24.8 Å². The van der Waals surface area contributed by atoms with Crippen molar-refractivity contribution in [3.63, 3.8) is 0 Å². The first-order valence-electron chi connectivity index (χ1n) is 14.9. The van der Waals surface area contributed by atoms with Crippen LogP contribution < -0.4 is 5.32 Å². The Hall–Kier alpha value is 0.0700. The van der Waals surface area contributed by atoms with Gasteiger partial charge >= 0.3 is 0 Å². The van der Waals surface area contributed by atoms with E-state index in [2.05, 4.69) is 38.8 Å². The van der Waals surface area contributed by atoms with Crippen molar-refractivity contribution in [3.8, 4) is 0 Å². The van der Waals surface area contributed by atoms with Gasteiger partial charge in [0, 0.05) is 70.4 Å². The zero-order valence-corrected chi connectivity index (χ0v) is 23.5. The van der Waals surface area contributed by atoms with E-state index in [1.165, 1.54) is 77.0 Å². The van der Waals surface area contributed by atoms with Gasteiger partial charge in [0.05, 0.1) is 18.1 Å².